The van der Waals surface area contributed by atoms with Gasteiger partial charge < -0.3 is 15.0 Å². The van der Waals surface area contributed by atoms with Crippen molar-refractivity contribution in [1.29, 1.82) is 0 Å². The minimum Gasteiger partial charge on any atom is -0.496 e. The molecule has 0 fully saturated rings. The van der Waals surface area contributed by atoms with Crippen LogP contribution in [0.3, 0.4) is 0 Å². The van der Waals surface area contributed by atoms with Crippen LogP contribution in [0.4, 0.5) is 11.5 Å². The Labute approximate surface area is 164 Å². The number of nitrogens with zero attached hydrogens (tertiary/aromatic N) is 3. The van der Waals surface area contributed by atoms with Gasteiger partial charge in [-0.05, 0) is 48.2 Å². The maximum atomic E-state index is 12.4. The second-order valence-corrected chi connectivity index (χ2v) is 6.62. The number of nitrogens with one attached hydrogen (secondary N) is 1. The summed E-state index contributed by atoms with van der Waals surface area (Å²) in [7, 11) is 1.65. The second-order valence-electron chi connectivity index (χ2n) is 6.62. The fourth-order valence-electron chi connectivity index (χ4n) is 3.48. The van der Waals surface area contributed by atoms with Crippen LogP contribution in [0.1, 0.15) is 21.6 Å². The van der Waals surface area contributed by atoms with E-state index in [1.807, 2.05) is 42.5 Å². The van der Waals surface area contributed by atoms with Gasteiger partial charge in [-0.1, -0.05) is 36.4 Å². The van der Waals surface area contributed by atoms with Crippen LogP contribution in [0, 0.1) is 0 Å². The van der Waals surface area contributed by atoms with Gasteiger partial charge in [0.25, 0.3) is 5.91 Å². The molecule has 3 aromatic rings. The van der Waals surface area contributed by atoms with Gasteiger partial charge >= 0.3 is 0 Å². The molecule has 0 bridgehead atoms. The fourth-order valence-corrected chi connectivity index (χ4v) is 3.48. The molecule has 0 atom stereocenters. The van der Waals surface area contributed by atoms with Crippen LogP contribution in [0.25, 0.3) is 0 Å². The first-order valence-corrected chi connectivity index (χ1v) is 9.35. The van der Waals surface area contributed by atoms with E-state index in [1.54, 1.807) is 13.2 Å². The van der Waals surface area contributed by atoms with E-state index in [0.29, 0.717) is 18.7 Å². The molecule has 0 radical (unpaired) electrons. The largest absolute Gasteiger partial charge is 0.496 e. The summed E-state index contributed by atoms with van der Waals surface area (Å²) in [6.07, 6.45) is 1.68. The number of benzene rings is 2. The van der Waals surface area contributed by atoms with Gasteiger partial charge in [0.1, 0.15) is 5.75 Å². The lowest BCUT2D eigenvalue weighted by atomic mass is 10.1. The van der Waals surface area contributed by atoms with E-state index in [0.717, 1.165) is 35.8 Å². The van der Waals surface area contributed by atoms with Crippen molar-refractivity contribution in [2.24, 2.45) is 0 Å². The summed E-state index contributed by atoms with van der Waals surface area (Å²) in [5.74, 6) is 1.36. The number of anilines is 2. The van der Waals surface area contributed by atoms with E-state index in [-0.39, 0.29) is 5.91 Å². The predicted molar refractivity (Wildman–Crippen MR) is 108 cm³/mol. The summed E-state index contributed by atoms with van der Waals surface area (Å²) in [6, 6.07) is 19.7. The highest BCUT2D eigenvalue weighted by Gasteiger charge is 2.21. The van der Waals surface area contributed by atoms with Crippen LogP contribution in [0.15, 0.2) is 60.7 Å². The summed E-state index contributed by atoms with van der Waals surface area (Å²) >= 11 is 0. The number of para-hydroxylation sites is 2. The van der Waals surface area contributed by atoms with Crippen molar-refractivity contribution >= 4 is 17.4 Å². The molecule has 0 saturated carbocycles. The minimum atomic E-state index is -0.226. The molecular weight excluding hydrogens is 352 g/mol. The van der Waals surface area contributed by atoms with Crippen molar-refractivity contribution in [1.82, 2.24) is 15.5 Å². The molecule has 1 aliphatic heterocycles. The van der Waals surface area contributed by atoms with Crippen molar-refractivity contribution in [3.8, 4) is 5.75 Å². The predicted octanol–water partition coefficient (Wildman–Crippen LogP) is 3.15. The van der Waals surface area contributed by atoms with E-state index in [2.05, 4.69) is 32.5 Å². The first kappa shape index (κ1) is 18.0. The monoisotopic (exact) mass is 374 g/mol. The Bertz CT molecular complexity index is 972. The van der Waals surface area contributed by atoms with Crippen molar-refractivity contribution < 1.29 is 9.53 Å². The quantitative estimate of drug-likeness (QED) is 0.718. The van der Waals surface area contributed by atoms with Crippen LogP contribution in [-0.4, -0.2) is 36.3 Å². The molecule has 6 heteroatoms. The molecule has 0 aliphatic carbocycles. The molecule has 1 aromatic heterocycles. The summed E-state index contributed by atoms with van der Waals surface area (Å²) in [5, 5.41) is 11.3. The number of fused-ring (bicyclic) bond motifs is 1. The number of aromatic nitrogens is 2. The Morgan fingerprint density at radius 3 is 2.71 bits per heavy atom. The topological polar surface area (TPSA) is 67.3 Å². The van der Waals surface area contributed by atoms with Crippen LogP contribution < -0.4 is 15.0 Å². The summed E-state index contributed by atoms with van der Waals surface area (Å²) < 4.78 is 5.33. The molecule has 0 spiro atoms. The zero-order valence-corrected chi connectivity index (χ0v) is 15.8. The Hall–Kier alpha value is -3.41. The Balaban J connectivity index is 1.37. The van der Waals surface area contributed by atoms with Gasteiger partial charge in [0, 0.05) is 18.8 Å². The van der Waals surface area contributed by atoms with Crippen molar-refractivity contribution in [3.05, 3.63) is 77.5 Å². The normalized spacial score (nSPS) is 12.5. The van der Waals surface area contributed by atoms with Crippen molar-refractivity contribution in [2.75, 3.05) is 25.1 Å². The van der Waals surface area contributed by atoms with Crippen molar-refractivity contribution in [2.45, 2.75) is 12.8 Å². The minimum absolute atomic E-state index is 0.226. The van der Waals surface area contributed by atoms with Gasteiger partial charge in [-0.2, -0.15) is 0 Å². The van der Waals surface area contributed by atoms with E-state index in [4.69, 9.17) is 4.74 Å². The Morgan fingerprint density at radius 2 is 1.89 bits per heavy atom. The summed E-state index contributed by atoms with van der Waals surface area (Å²) in [4.78, 5) is 14.5. The third kappa shape index (κ3) is 3.67. The molecular formula is C22H22N4O2. The zero-order valence-electron chi connectivity index (χ0n) is 15.8. The number of hydrogen-bond donors (Lipinski definition) is 1. The Morgan fingerprint density at radius 1 is 1.07 bits per heavy atom. The molecule has 6 nitrogen and oxygen atoms in total. The molecule has 142 valence electrons. The third-order valence-electron chi connectivity index (χ3n) is 4.92. The SMILES string of the molecule is COc1ccccc1CCNC(=O)c1ccc(N2CCc3ccccc32)nn1. The number of carbonyl (C=O) groups excluding carboxylic acids is 1. The number of hydrogen-bond acceptors (Lipinski definition) is 5. The molecule has 28 heavy (non-hydrogen) atoms. The average Bonchev–Trinajstić information content (AvgIpc) is 3.18. The highest BCUT2D eigenvalue weighted by atomic mass is 16.5. The Kier molecular flexibility index (Phi) is 5.19. The lowest BCUT2D eigenvalue weighted by Crippen LogP contribution is -2.27. The van der Waals surface area contributed by atoms with E-state index >= 15 is 0 Å². The lowest BCUT2D eigenvalue weighted by molar-refractivity contribution is 0.0948. The van der Waals surface area contributed by atoms with Gasteiger partial charge in [0.05, 0.1) is 7.11 Å². The van der Waals surface area contributed by atoms with E-state index < -0.39 is 0 Å². The molecule has 2 heterocycles. The number of rotatable bonds is 6. The van der Waals surface area contributed by atoms with E-state index in [1.165, 1.54) is 5.56 Å². The summed E-state index contributed by atoms with van der Waals surface area (Å²) in [5.41, 5.74) is 3.84. The molecule has 1 amide bonds. The van der Waals surface area contributed by atoms with Crippen molar-refractivity contribution in [3.63, 3.8) is 0 Å². The highest BCUT2D eigenvalue weighted by Crippen LogP contribution is 2.32. The molecule has 2 aromatic carbocycles. The number of amides is 1. The van der Waals surface area contributed by atoms with Crippen LogP contribution in [0.5, 0.6) is 5.75 Å². The molecule has 1 N–H and O–H groups in total. The molecule has 0 saturated heterocycles. The molecule has 0 unspecified atom stereocenters. The smallest absolute Gasteiger partial charge is 0.271 e. The fraction of sp³-hybridized carbons (Fsp3) is 0.227. The van der Waals surface area contributed by atoms with Crippen LogP contribution >= 0.6 is 0 Å². The average molecular weight is 374 g/mol. The second kappa shape index (κ2) is 8.08. The van der Waals surface area contributed by atoms with Crippen LogP contribution in [-0.2, 0) is 12.8 Å². The summed E-state index contributed by atoms with van der Waals surface area (Å²) in [6.45, 7) is 1.38. The van der Waals surface area contributed by atoms with Gasteiger partial charge in [-0.25, -0.2) is 0 Å². The van der Waals surface area contributed by atoms with Crippen LogP contribution in [0.2, 0.25) is 0 Å². The first-order chi connectivity index (χ1) is 13.8. The maximum Gasteiger partial charge on any atom is 0.271 e. The maximum absolute atomic E-state index is 12.4. The van der Waals surface area contributed by atoms with E-state index in [9.17, 15) is 4.79 Å². The number of ether oxygens (including phenoxy) is 1. The molecule has 4 rings (SSSR count). The number of methoxy groups -OCH3 is 1. The highest BCUT2D eigenvalue weighted by molar-refractivity contribution is 5.92. The van der Waals surface area contributed by atoms with Gasteiger partial charge in [0.15, 0.2) is 11.5 Å². The van der Waals surface area contributed by atoms with Gasteiger partial charge in [0.2, 0.25) is 0 Å². The van der Waals surface area contributed by atoms with Gasteiger partial charge in [-0.15, -0.1) is 10.2 Å². The zero-order chi connectivity index (χ0) is 19.3. The standard InChI is InChI=1S/C22H22N4O2/c1-28-20-9-5-3-7-17(20)12-14-23-22(27)18-10-11-21(25-24-18)26-15-13-16-6-2-4-8-19(16)26/h2-11H,12-15H2,1H3,(H,23,27). The molecule has 1 aliphatic rings. The number of carbonyl (C=O) groups is 1. The third-order valence-corrected chi connectivity index (χ3v) is 4.92. The first-order valence-electron chi connectivity index (χ1n) is 9.35. The lowest BCUT2D eigenvalue weighted by Gasteiger charge is -2.17. The van der Waals surface area contributed by atoms with Gasteiger partial charge in [-0.3, -0.25) is 4.79 Å².